The fraction of sp³-hybridized carbons (Fsp3) is 0.933. The van der Waals surface area contributed by atoms with Gasteiger partial charge in [0.15, 0.2) is 0 Å². The van der Waals surface area contributed by atoms with Crippen LogP contribution in [0.25, 0.3) is 0 Å². The molecule has 2 aliphatic heterocycles. The first-order valence-corrected chi connectivity index (χ1v) is 9.95. The van der Waals surface area contributed by atoms with Crippen LogP contribution in [0.3, 0.4) is 0 Å². The Kier molecular flexibility index (Phi) is 6.46. The molecule has 1 amide bonds. The highest BCUT2D eigenvalue weighted by atomic mass is 32.2. The lowest BCUT2D eigenvalue weighted by Gasteiger charge is -2.32. The molecule has 24 heavy (non-hydrogen) atoms. The van der Waals surface area contributed by atoms with Crippen molar-refractivity contribution >= 4 is 16.3 Å². The number of carbonyl (C=O) groups is 1. The zero-order valence-corrected chi connectivity index (χ0v) is 15.5. The monoisotopic (exact) mass is 363 g/mol. The number of rotatable bonds is 5. The van der Waals surface area contributed by atoms with Gasteiger partial charge in [-0.1, -0.05) is 0 Å². The average Bonchev–Trinajstić information content (AvgIpc) is 2.97. The molecular formula is C15H29N3O5S. The Labute approximate surface area is 144 Å². The van der Waals surface area contributed by atoms with E-state index >= 15 is 0 Å². The van der Waals surface area contributed by atoms with E-state index in [-0.39, 0.29) is 12.1 Å². The number of hydrogen-bond acceptors (Lipinski definition) is 5. The van der Waals surface area contributed by atoms with E-state index in [1.807, 2.05) is 20.8 Å². The number of alkyl carbamates (subject to hydrolysis) is 1. The lowest BCUT2D eigenvalue weighted by molar-refractivity contribution is 0.0489. The van der Waals surface area contributed by atoms with Crippen molar-refractivity contribution in [1.29, 1.82) is 0 Å². The Balaban J connectivity index is 1.73. The summed E-state index contributed by atoms with van der Waals surface area (Å²) in [5, 5.41) is 2.80. The second kappa shape index (κ2) is 7.99. The SMILES string of the molecule is CC(C)(C)OC(=O)NC1CCN(S(=O)(=O)NC[C@@H]2CCCO2)CC1. The summed E-state index contributed by atoms with van der Waals surface area (Å²) in [5.41, 5.74) is -0.541. The average molecular weight is 363 g/mol. The van der Waals surface area contributed by atoms with E-state index in [1.165, 1.54) is 4.31 Å². The molecule has 9 heteroatoms. The van der Waals surface area contributed by atoms with Gasteiger partial charge in [-0.05, 0) is 46.5 Å². The molecule has 8 nitrogen and oxygen atoms in total. The third-order valence-electron chi connectivity index (χ3n) is 4.03. The molecule has 0 aliphatic carbocycles. The van der Waals surface area contributed by atoms with Gasteiger partial charge < -0.3 is 14.8 Å². The summed E-state index contributed by atoms with van der Waals surface area (Å²) < 4.78 is 39.3. The van der Waals surface area contributed by atoms with E-state index < -0.39 is 21.9 Å². The number of carbonyl (C=O) groups excluding carboxylic acids is 1. The summed E-state index contributed by atoms with van der Waals surface area (Å²) in [4.78, 5) is 11.8. The quantitative estimate of drug-likeness (QED) is 0.759. The molecule has 2 saturated heterocycles. The highest BCUT2D eigenvalue weighted by Gasteiger charge is 2.30. The standard InChI is InChI=1S/C15H29N3O5S/c1-15(2,3)23-14(19)17-12-6-8-18(9-7-12)24(20,21)16-11-13-5-4-10-22-13/h12-13,16H,4-11H2,1-3H3,(H,17,19)/t13-/m0/s1. The van der Waals surface area contributed by atoms with Crippen molar-refractivity contribution < 1.29 is 22.7 Å². The zero-order valence-electron chi connectivity index (χ0n) is 14.7. The zero-order chi connectivity index (χ0) is 17.8. The Bertz CT molecular complexity index is 518. The maximum Gasteiger partial charge on any atom is 0.407 e. The van der Waals surface area contributed by atoms with Crippen LogP contribution >= 0.6 is 0 Å². The number of amides is 1. The molecule has 0 aromatic rings. The van der Waals surface area contributed by atoms with Crippen LogP contribution in [0.5, 0.6) is 0 Å². The molecule has 2 N–H and O–H groups in total. The number of nitrogens with zero attached hydrogens (tertiary/aromatic N) is 1. The van der Waals surface area contributed by atoms with Gasteiger partial charge in [0.25, 0.3) is 10.2 Å². The molecule has 0 saturated carbocycles. The molecule has 0 bridgehead atoms. The van der Waals surface area contributed by atoms with E-state index in [2.05, 4.69) is 10.0 Å². The van der Waals surface area contributed by atoms with Crippen molar-refractivity contribution in [2.45, 2.75) is 64.2 Å². The Hall–Kier alpha value is -0.900. The normalized spacial score (nSPS) is 24.0. The predicted molar refractivity (Wildman–Crippen MR) is 89.9 cm³/mol. The van der Waals surface area contributed by atoms with E-state index in [1.54, 1.807) is 0 Å². The molecule has 1 atom stereocenters. The number of hydrogen-bond donors (Lipinski definition) is 2. The van der Waals surface area contributed by atoms with Gasteiger partial charge >= 0.3 is 6.09 Å². The molecule has 0 radical (unpaired) electrons. The number of ether oxygens (including phenoxy) is 2. The van der Waals surface area contributed by atoms with Crippen LogP contribution in [-0.4, -0.2) is 62.8 Å². The van der Waals surface area contributed by atoms with Gasteiger partial charge in [0.05, 0.1) is 6.10 Å². The molecular weight excluding hydrogens is 334 g/mol. The van der Waals surface area contributed by atoms with E-state index in [4.69, 9.17) is 9.47 Å². The molecule has 2 rings (SSSR count). The van der Waals surface area contributed by atoms with Crippen molar-refractivity contribution in [2.24, 2.45) is 0 Å². The maximum absolute atomic E-state index is 12.3. The van der Waals surface area contributed by atoms with Crippen molar-refractivity contribution in [1.82, 2.24) is 14.3 Å². The van der Waals surface area contributed by atoms with Crippen LogP contribution in [0.1, 0.15) is 46.5 Å². The van der Waals surface area contributed by atoms with E-state index in [0.29, 0.717) is 39.1 Å². The lowest BCUT2D eigenvalue weighted by Crippen LogP contribution is -2.51. The van der Waals surface area contributed by atoms with Gasteiger partial charge in [0.1, 0.15) is 5.60 Å². The minimum atomic E-state index is -3.49. The van der Waals surface area contributed by atoms with Crippen molar-refractivity contribution in [3.63, 3.8) is 0 Å². The molecule has 2 aliphatic rings. The summed E-state index contributed by atoms with van der Waals surface area (Å²) in [7, 11) is -3.49. The van der Waals surface area contributed by atoms with Crippen LogP contribution < -0.4 is 10.0 Å². The summed E-state index contributed by atoms with van der Waals surface area (Å²) in [6.07, 6.45) is 2.53. The van der Waals surface area contributed by atoms with Crippen LogP contribution in [-0.2, 0) is 19.7 Å². The minimum absolute atomic E-state index is 0.0221. The largest absolute Gasteiger partial charge is 0.444 e. The van der Waals surface area contributed by atoms with E-state index in [0.717, 1.165) is 12.8 Å². The Morgan fingerprint density at radius 1 is 1.25 bits per heavy atom. The molecule has 2 fully saturated rings. The first kappa shape index (κ1) is 19.4. The number of piperidine rings is 1. The fourth-order valence-electron chi connectivity index (χ4n) is 2.81. The first-order chi connectivity index (χ1) is 11.2. The van der Waals surface area contributed by atoms with Crippen LogP contribution in [0.15, 0.2) is 0 Å². The van der Waals surface area contributed by atoms with Crippen molar-refractivity contribution in [3.05, 3.63) is 0 Å². The summed E-state index contributed by atoms with van der Waals surface area (Å²) in [6, 6.07) is -0.0653. The van der Waals surface area contributed by atoms with Gasteiger partial charge in [0, 0.05) is 32.3 Å². The highest BCUT2D eigenvalue weighted by molar-refractivity contribution is 7.87. The van der Waals surface area contributed by atoms with Crippen molar-refractivity contribution in [2.75, 3.05) is 26.2 Å². The third-order valence-corrected chi connectivity index (χ3v) is 5.61. The van der Waals surface area contributed by atoms with E-state index in [9.17, 15) is 13.2 Å². The molecule has 0 unspecified atom stereocenters. The molecule has 0 aromatic heterocycles. The lowest BCUT2D eigenvalue weighted by atomic mass is 10.1. The van der Waals surface area contributed by atoms with Crippen LogP contribution in [0, 0.1) is 0 Å². The number of nitrogens with one attached hydrogen (secondary N) is 2. The molecule has 2 heterocycles. The highest BCUT2D eigenvalue weighted by Crippen LogP contribution is 2.16. The Morgan fingerprint density at radius 2 is 1.92 bits per heavy atom. The minimum Gasteiger partial charge on any atom is -0.444 e. The molecule has 0 aromatic carbocycles. The molecule has 0 spiro atoms. The van der Waals surface area contributed by atoms with Gasteiger partial charge in [-0.3, -0.25) is 0 Å². The third kappa shape index (κ3) is 6.19. The smallest absolute Gasteiger partial charge is 0.407 e. The van der Waals surface area contributed by atoms with Gasteiger partial charge in [-0.25, -0.2) is 4.79 Å². The van der Waals surface area contributed by atoms with Crippen molar-refractivity contribution in [3.8, 4) is 0 Å². The van der Waals surface area contributed by atoms with Gasteiger partial charge in [0.2, 0.25) is 0 Å². The summed E-state index contributed by atoms with van der Waals surface area (Å²) in [5.74, 6) is 0. The van der Waals surface area contributed by atoms with Crippen LogP contribution in [0.2, 0.25) is 0 Å². The fourth-order valence-corrected chi connectivity index (χ4v) is 4.08. The van der Waals surface area contributed by atoms with Gasteiger partial charge in [-0.15, -0.1) is 0 Å². The molecule has 140 valence electrons. The first-order valence-electron chi connectivity index (χ1n) is 8.51. The second-order valence-corrected chi connectivity index (χ2v) is 9.06. The Morgan fingerprint density at radius 3 is 2.46 bits per heavy atom. The summed E-state index contributed by atoms with van der Waals surface area (Å²) in [6.45, 7) is 7.19. The van der Waals surface area contributed by atoms with Crippen LogP contribution in [0.4, 0.5) is 4.79 Å². The summed E-state index contributed by atoms with van der Waals surface area (Å²) >= 11 is 0. The van der Waals surface area contributed by atoms with Gasteiger partial charge in [-0.2, -0.15) is 17.4 Å². The predicted octanol–water partition coefficient (Wildman–Crippen LogP) is 0.989. The second-order valence-electron chi connectivity index (χ2n) is 7.31. The maximum atomic E-state index is 12.3. The topological polar surface area (TPSA) is 97.0 Å².